The SMILES string of the molecule is CC(NC1CCCC1CO)c1cc2ccccc2s1. The summed E-state index contributed by atoms with van der Waals surface area (Å²) in [6.45, 7) is 2.55. The van der Waals surface area contributed by atoms with Crippen LogP contribution in [0.2, 0.25) is 0 Å². The fourth-order valence-electron chi connectivity index (χ4n) is 3.09. The minimum absolute atomic E-state index is 0.316. The third kappa shape index (κ3) is 2.69. The first-order chi connectivity index (χ1) is 9.28. The van der Waals surface area contributed by atoms with Crippen molar-refractivity contribution in [2.45, 2.75) is 38.3 Å². The van der Waals surface area contributed by atoms with E-state index in [-0.39, 0.29) is 0 Å². The van der Waals surface area contributed by atoms with Gasteiger partial charge in [0.05, 0.1) is 0 Å². The zero-order valence-electron chi connectivity index (χ0n) is 11.3. The zero-order valence-corrected chi connectivity index (χ0v) is 12.1. The van der Waals surface area contributed by atoms with Crippen molar-refractivity contribution in [3.05, 3.63) is 35.2 Å². The van der Waals surface area contributed by atoms with Crippen molar-refractivity contribution in [2.24, 2.45) is 5.92 Å². The quantitative estimate of drug-likeness (QED) is 0.891. The van der Waals surface area contributed by atoms with Crippen LogP contribution in [0.3, 0.4) is 0 Å². The van der Waals surface area contributed by atoms with E-state index >= 15 is 0 Å². The average Bonchev–Trinajstić information content (AvgIpc) is 3.03. The Balaban J connectivity index is 1.74. The van der Waals surface area contributed by atoms with Gasteiger partial charge in [-0.3, -0.25) is 0 Å². The third-order valence-electron chi connectivity index (χ3n) is 4.23. The Morgan fingerprint density at radius 2 is 2.21 bits per heavy atom. The molecule has 2 N–H and O–H groups in total. The lowest BCUT2D eigenvalue weighted by molar-refractivity contribution is 0.201. The molecule has 1 aromatic heterocycles. The molecule has 3 rings (SSSR count). The van der Waals surface area contributed by atoms with Crippen LogP contribution in [0.15, 0.2) is 30.3 Å². The van der Waals surface area contributed by atoms with Crippen molar-refractivity contribution in [1.82, 2.24) is 5.32 Å². The lowest BCUT2D eigenvalue weighted by atomic mass is 10.0. The second-order valence-electron chi connectivity index (χ2n) is 5.55. The largest absolute Gasteiger partial charge is 0.396 e. The highest BCUT2D eigenvalue weighted by Crippen LogP contribution is 2.32. The van der Waals surface area contributed by atoms with Crippen LogP contribution in [0, 0.1) is 5.92 Å². The third-order valence-corrected chi connectivity index (χ3v) is 5.53. The number of hydrogen-bond acceptors (Lipinski definition) is 3. The Labute approximate surface area is 118 Å². The van der Waals surface area contributed by atoms with Gasteiger partial charge in [-0.1, -0.05) is 24.6 Å². The van der Waals surface area contributed by atoms with E-state index in [2.05, 4.69) is 42.6 Å². The van der Waals surface area contributed by atoms with E-state index in [9.17, 15) is 5.11 Å². The second-order valence-corrected chi connectivity index (χ2v) is 6.67. The number of hydrogen-bond donors (Lipinski definition) is 2. The summed E-state index contributed by atoms with van der Waals surface area (Å²) in [5.74, 6) is 0.442. The van der Waals surface area contributed by atoms with E-state index in [0.717, 1.165) is 6.42 Å². The first-order valence-corrected chi connectivity index (χ1v) is 7.95. The van der Waals surface area contributed by atoms with E-state index in [1.54, 1.807) is 0 Å². The van der Waals surface area contributed by atoms with Crippen LogP contribution in [-0.4, -0.2) is 17.8 Å². The van der Waals surface area contributed by atoms with Gasteiger partial charge in [0.2, 0.25) is 0 Å². The molecule has 1 saturated carbocycles. The maximum absolute atomic E-state index is 9.40. The molecule has 0 aliphatic heterocycles. The smallest absolute Gasteiger partial charge is 0.0474 e. The van der Waals surface area contributed by atoms with Crippen LogP contribution >= 0.6 is 11.3 Å². The van der Waals surface area contributed by atoms with Gasteiger partial charge < -0.3 is 10.4 Å². The fraction of sp³-hybridized carbons (Fsp3) is 0.500. The van der Waals surface area contributed by atoms with Crippen molar-refractivity contribution in [2.75, 3.05) is 6.61 Å². The molecule has 2 aromatic rings. The summed E-state index contributed by atoms with van der Waals surface area (Å²) >= 11 is 1.87. The standard InChI is InChI=1S/C16H21NOS/c1-11(17-14-7-4-6-13(14)10-18)16-9-12-5-2-3-8-15(12)19-16/h2-3,5,8-9,11,13-14,17-18H,4,6-7,10H2,1H3. The topological polar surface area (TPSA) is 32.3 Å². The number of rotatable bonds is 4. The number of aliphatic hydroxyl groups excluding tert-OH is 1. The maximum atomic E-state index is 9.40. The first kappa shape index (κ1) is 13.1. The monoisotopic (exact) mass is 275 g/mol. The molecule has 102 valence electrons. The highest BCUT2D eigenvalue weighted by molar-refractivity contribution is 7.19. The predicted octanol–water partition coefficient (Wildman–Crippen LogP) is 3.71. The van der Waals surface area contributed by atoms with E-state index < -0.39 is 0 Å². The van der Waals surface area contributed by atoms with Gasteiger partial charge in [-0.15, -0.1) is 11.3 Å². The summed E-state index contributed by atoms with van der Waals surface area (Å²) in [6.07, 6.45) is 3.59. The molecule has 0 saturated heterocycles. The van der Waals surface area contributed by atoms with Crippen molar-refractivity contribution in [1.29, 1.82) is 0 Å². The van der Waals surface area contributed by atoms with E-state index in [1.165, 1.54) is 27.8 Å². The Kier molecular flexibility index (Phi) is 3.87. The molecule has 0 amide bonds. The number of fused-ring (bicyclic) bond motifs is 1. The van der Waals surface area contributed by atoms with Crippen molar-refractivity contribution in [3.8, 4) is 0 Å². The molecule has 0 bridgehead atoms. The van der Waals surface area contributed by atoms with Gasteiger partial charge >= 0.3 is 0 Å². The summed E-state index contributed by atoms with van der Waals surface area (Å²) in [4.78, 5) is 1.39. The average molecular weight is 275 g/mol. The van der Waals surface area contributed by atoms with E-state index in [4.69, 9.17) is 0 Å². The van der Waals surface area contributed by atoms with Crippen LogP contribution in [0.5, 0.6) is 0 Å². The highest BCUT2D eigenvalue weighted by Gasteiger charge is 2.27. The predicted molar refractivity (Wildman–Crippen MR) is 81.6 cm³/mol. The summed E-state index contributed by atoms with van der Waals surface area (Å²) < 4.78 is 1.36. The van der Waals surface area contributed by atoms with Gasteiger partial charge in [0, 0.05) is 28.3 Å². The Hall–Kier alpha value is -0.900. The Bertz CT molecular complexity index is 517. The van der Waals surface area contributed by atoms with Gasteiger partial charge in [0.15, 0.2) is 0 Å². The van der Waals surface area contributed by atoms with Crippen molar-refractivity contribution < 1.29 is 5.11 Å². The first-order valence-electron chi connectivity index (χ1n) is 7.13. The molecule has 1 aliphatic rings. The Morgan fingerprint density at radius 3 is 3.00 bits per heavy atom. The summed E-state index contributed by atoms with van der Waals surface area (Å²) in [6, 6.07) is 11.7. The molecular formula is C16H21NOS. The molecule has 1 aromatic carbocycles. The maximum Gasteiger partial charge on any atom is 0.0474 e. The molecule has 1 heterocycles. The molecule has 3 atom stereocenters. The molecule has 0 radical (unpaired) electrons. The lowest BCUT2D eigenvalue weighted by Gasteiger charge is -2.23. The molecule has 0 spiro atoms. The summed E-state index contributed by atoms with van der Waals surface area (Å²) in [7, 11) is 0. The van der Waals surface area contributed by atoms with Crippen LogP contribution in [0.1, 0.15) is 37.1 Å². The molecule has 3 heteroatoms. The number of benzene rings is 1. The molecule has 2 nitrogen and oxygen atoms in total. The van der Waals surface area contributed by atoms with Crippen LogP contribution in [0.25, 0.3) is 10.1 Å². The minimum atomic E-state index is 0.316. The second kappa shape index (κ2) is 5.61. The van der Waals surface area contributed by atoms with Crippen LogP contribution in [-0.2, 0) is 0 Å². The molecule has 19 heavy (non-hydrogen) atoms. The minimum Gasteiger partial charge on any atom is -0.396 e. The molecule has 1 aliphatic carbocycles. The zero-order chi connectivity index (χ0) is 13.2. The van der Waals surface area contributed by atoms with Gasteiger partial charge in [0.1, 0.15) is 0 Å². The van der Waals surface area contributed by atoms with Gasteiger partial charge in [-0.25, -0.2) is 0 Å². The van der Waals surface area contributed by atoms with Gasteiger partial charge in [-0.05, 0) is 43.2 Å². The molecule has 1 fully saturated rings. The Morgan fingerprint density at radius 1 is 1.37 bits per heavy atom. The van der Waals surface area contributed by atoms with Crippen LogP contribution in [0.4, 0.5) is 0 Å². The summed E-state index contributed by atoms with van der Waals surface area (Å²) in [5.41, 5.74) is 0. The van der Waals surface area contributed by atoms with Crippen molar-refractivity contribution in [3.63, 3.8) is 0 Å². The lowest BCUT2D eigenvalue weighted by Crippen LogP contribution is -2.35. The number of thiophene rings is 1. The fourth-order valence-corrected chi connectivity index (χ4v) is 4.17. The normalized spacial score (nSPS) is 24.9. The van der Waals surface area contributed by atoms with E-state index in [1.807, 2.05) is 11.3 Å². The molecule has 3 unspecified atom stereocenters. The van der Waals surface area contributed by atoms with Gasteiger partial charge in [0.25, 0.3) is 0 Å². The highest BCUT2D eigenvalue weighted by atomic mass is 32.1. The van der Waals surface area contributed by atoms with Gasteiger partial charge in [-0.2, -0.15) is 0 Å². The number of nitrogens with one attached hydrogen (secondary N) is 1. The summed E-state index contributed by atoms with van der Waals surface area (Å²) in [5, 5.41) is 14.4. The van der Waals surface area contributed by atoms with Crippen molar-refractivity contribution >= 4 is 21.4 Å². The van der Waals surface area contributed by atoms with E-state index in [0.29, 0.717) is 24.6 Å². The molecular weight excluding hydrogens is 254 g/mol. The van der Waals surface area contributed by atoms with Crippen LogP contribution < -0.4 is 5.32 Å². The number of aliphatic hydroxyl groups is 1.